The van der Waals surface area contributed by atoms with Crippen molar-refractivity contribution >= 4 is 17.3 Å². The van der Waals surface area contributed by atoms with Crippen molar-refractivity contribution in [2.24, 2.45) is 0 Å². The lowest BCUT2D eigenvalue weighted by Gasteiger charge is -2.37. The topological polar surface area (TPSA) is 45.2 Å². The van der Waals surface area contributed by atoms with Gasteiger partial charge in [-0.25, -0.2) is 0 Å². The summed E-state index contributed by atoms with van der Waals surface area (Å²) in [6, 6.07) is 10.5. The van der Waals surface area contributed by atoms with Crippen LogP contribution in [0.25, 0.3) is 0 Å². The van der Waals surface area contributed by atoms with Crippen molar-refractivity contribution in [3.8, 4) is 0 Å². The van der Waals surface area contributed by atoms with E-state index >= 15 is 0 Å². The number of anilines is 2. The Balaban J connectivity index is 1.82. The fraction of sp³-hybridized carbons (Fsp3) is 0.429. The first-order chi connectivity index (χ1) is 12.1. The molecule has 1 aliphatic heterocycles. The number of aromatic nitrogens is 1. The molecule has 1 N–H and O–H groups in total. The second-order valence-electron chi connectivity index (χ2n) is 6.87. The van der Waals surface area contributed by atoms with Crippen LogP contribution in [0.5, 0.6) is 0 Å². The maximum absolute atomic E-state index is 12.7. The molecular weight excluding hydrogens is 310 g/mol. The van der Waals surface area contributed by atoms with Gasteiger partial charge in [-0.05, 0) is 62.8 Å². The van der Waals surface area contributed by atoms with Crippen molar-refractivity contribution in [1.82, 2.24) is 4.98 Å². The quantitative estimate of drug-likeness (QED) is 0.878. The minimum atomic E-state index is -0.149. The van der Waals surface area contributed by atoms with Gasteiger partial charge in [-0.3, -0.25) is 9.78 Å². The summed E-state index contributed by atoms with van der Waals surface area (Å²) in [5, 5.41) is 3.03. The molecule has 1 aliphatic rings. The first-order valence-electron chi connectivity index (χ1n) is 9.20. The molecule has 0 spiro atoms. The van der Waals surface area contributed by atoms with Crippen LogP contribution in [0, 0.1) is 13.8 Å². The third kappa shape index (κ3) is 3.84. The summed E-state index contributed by atoms with van der Waals surface area (Å²) in [4.78, 5) is 19.4. The van der Waals surface area contributed by atoms with Crippen LogP contribution >= 0.6 is 0 Å². The van der Waals surface area contributed by atoms with Gasteiger partial charge in [-0.15, -0.1) is 0 Å². The van der Waals surface area contributed by atoms with Crippen molar-refractivity contribution < 1.29 is 4.79 Å². The maximum Gasteiger partial charge on any atom is 0.274 e. The fourth-order valence-corrected chi connectivity index (χ4v) is 3.68. The minimum absolute atomic E-state index is 0.149. The van der Waals surface area contributed by atoms with E-state index in [9.17, 15) is 4.79 Å². The molecule has 1 amide bonds. The van der Waals surface area contributed by atoms with Gasteiger partial charge in [-0.1, -0.05) is 25.1 Å². The molecule has 1 unspecified atom stereocenters. The summed E-state index contributed by atoms with van der Waals surface area (Å²) >= 11 is 0. The molecule has 3 rings (SSSR count). The average molecular weight is 337 g/mol. The number of rotatable bonds is 4. The number of nitrogens with zero attached hydrogens (tertiary/aromatic N) is 2. The van der Waals surface area contributed by atoms with Gasteiger partial charge in [0.2, 0.25) is 0 Å². The predicted octanol–water partition coefficient (Wildman–Crippen LogP) is 4.72. The van der Waals surface area contributed by atoms with Crippen molar-refractivity contribution in [3.63, 3.8) is 0 Å². The summed E-state index contributed by atoms with van der Waals surface area (Å²) in [6.45, 7) is 7.30. The summed E-state index contributed by atoms with van der Waals surface area (Å²) in [5.41, 5.74) is 4.58. The Kier molecular flexibility index (Phi) is 5.37. The summed E-state index contributed by atoms with van der Waals surface area (Å²) in [7, 11) is 0. The lowest BCUT2D eigenvalue weighted by atomic mass is 9.99. The van der Waals surface area contributed by atoms with Gasteiger partial charge >= 0.3 is 0 Å². The van der Waals surface area contributed by atoms with Crippen LogP contribution < -0.4 is 10.2 Å². The third-order valence-corrected chi connectivity index (χ3v) is 5.13. The number of piperidine rings is 1. The highest BCUT2D eigenvalue weighted by Crippen LogP contribution is 2.27. The Morgan fingerprint density at radius 3 is 2.72 bits per heavy atom. The summed E-state index contributed by atoms with van der Waals surface area (Å²) in [6.07, 6.45) is 6.61. The smallest absolute Gasteiger partial charge is 0.274 e. The number of para-hydroxylation sites is 1. The number of hydrogen-bond donors (Lipinski definition) is 1. The minimum Gasteiger partial charge on any atom is -0.368 e. The van der Waals surface area contributed by atoms with E-state index in [2.05, 4.69) is 22.1 Å². The van der Waals surface area contributed by atoms with Crippen molar-refractivity contribution in [2.45, 2.75) is 52.5 Å². The highest BCUT2D eigenvalue weighted by molar-refractivity contribution is 6.04. The van der Waals surface area contributed by atoms with Gasteiger partial charge in [0.1, 0.15) is 5.69 Å². The lowest BCUT2D eigenvalue weighted by molar-refractivity contribution is 0.102. The SMILES string of the molecule is CCC1CCCCN1c1ccnc(C(=O)Nc2c(C)cccc2C)c1. The number of pyridine rings is 1. The highest BCUT2D eigenvalue weighted by Gasteiger charge is 2.22. The van der Waals surface area contributed by atoms with Crippen molar-refractivity contribution in [2.75, 3.05) is 16.8 Å². The zero-order chi connectivity index (χ0) is 17.8. The van der Waals surface area contributed by atoms with Crippen molar-refractivity contribution in [3.05, 3.63) is 53.3 Å². The van der Waals surface area contributed by atoms with E-state index in [-0.39, 0.29) is 5.91 Å². The van der Waals surface area contributed by atoms with Crippen LogP contribution in [0.15, 0.2) is 36.5 Å². The van der Waals surface area contributed by atoms with Gasteiger partial charge in [0.25, 0.3) is 5.91 Å². The number of amides is 1. The number of aryl methyl sites for hydroxylation is 2. The molecule has 0 radical (unpaired) electrons. The summed E-state index contributed by atoms with van der Waals surface area (Å²) in [5.74, 6) is -0.149. The second kappa shape index (κ2) is 7.68. The monoisotopic (exact) mass is 337 g/mol. The summed E-state index contributed by atoms with van der Waals surface area (Å²) < 4.78 is 0. The van der Waals surface area contributed by atoms with E-state index in [0.29, 0.717) is 11.7 Å². The van der Waals surface area contributed by atoms with E-state index < -0.39 is 0 Å². The maximum atomic E-state index is 12.7. The van der Waals surface area contributed by atoms with E-state index in [4.69, 9.17) is 0 Å². The molecule has 2 heterocycles. The van der Waals surface area contributed by atoms with E-state index in [0.717, 1.165) is 35.5 Å². The lowest BCUT2D eigenvalue weighted by Crippen LogP contribution is -2.39. The fourth-order valence-electron chi connectivity index (χ4n) is 3.68. The van der Waals surface area contributed by atoms with Gasteiger partial charge in [-0.2, -0.15) is 0 Å². The standard InChI is InChI=1S/C21H27N3O/c1-4-17-10-5-6-13-24(17)18-11-12-22-19(14-18)21(25)23-20-15(2)8-7-9-16(20)3/h7-9,11-12,14,17H,4-6,10,13H2,1-3H3,(H,23,25). The molecule has 4 nitrogen and oxygen atoms in total. The van der Waals surface area contributed by atoms with Crippen LogP contribution in [0.1, 0.15) is 54.2 Å². The predicted molar refractivity (Wildman–Crippen MR) is 103 cm³/mol. The molecule has 0 aliphatic carbocycles. The number of benzene rings is 1. The second-order valence-corrected chi connectivity index (χ2v) is 6.87. The zero-order valence-corrected chi connectivity index (χ0v) is 15.4. The van der Waals surface area contributed by atoms with Crippen LogP contribution in [0.3, 0.4) is 0 Å². The molecule has 1 aromatic carbocycles. The average Bonchev–Trinajstić information content (AvgIpc) is 2.64. The Morgan fingerprint density at radius 2 is 2.00 bits per heavy atom. The van der Waals surface area contributed by atoms with Crippen LogP contribution in [-0.4, -0.2) is 23.5 Å². The zero-order valence-electron chi connectivity index (χ0n) is 15.4. The van der Waals surface area contributed by atoms with E-state index in [1.807, 2.05) is 44.2 Å². The molecular formula is C21H27N3O. The van der Waals surface area contributed by atoms with E-state index in [1.54, 1.807) is 6.20 Å². The largest absolute Gasteiger partial charge is 0.368 e. The van der Waals surface area contributed by atoms with Gasteiger partial charge in [0.05, 0.1) is 0 Å². The van der Waals surface area contributed by atoms with Gasteiger partial charge in [0, 0.05) is 30.2 Å². The molecule has 25 heavy (non-hydrogen) atoms. The number of nitrogens with one attached hydrogen (secondary N) is 1. The molecule has 132 valence electrons. The van der Waals surface area contributed by atoms with Crippen molar-refractivity contribution in [1.29, 1.82) is 0 Å². The molecule has 1 saturated heterocycles. The van der Waals surface area contributed by atoms with Gasteiger partial charge in [0.15, 0.2) is 0 Å². The number of carbonyl (C=O) groups is 1. The van der Waals surface area contributed by atoms with E-state index in [1.165, 1.54) is 19.3 Å². The van der Waals surface area contributed by atoms with Crippen LogP contribution in [0.4, 0.5) is 11.4 Å². The number of carbonyl (C=O) groups excluding carboxylic acids is 1. The Bertz CT molecular complexity index is 736. The van der Waals surface area contributed by atoms with Crippen LogP contribution in [-0.2, 0) is 0 Å². The first kappa shape index (κ1) is 17.5. The molecule has 4 heteroatoms. The normalized spacial score (nSPS) is 17.4. The van der Waals surface area contributed by atoms with Crippen LogP contribution in [0.2, 0.25) is 0 Å². The Morgan fingerprint density at radius 1 is 1.24 bits per heavy atom. The first-order valence-corrected chi connectivity index (χ1v) is 9.20. The molecule has 1 aromatic heterocycles. The molecule has 0 saturated carbocycles. The number of hydrogen-bond acceptors (Lipinski definition) is 3. The molecule has 1 atom stereocenters. The molecule has 2 aromatic rings. The molecule has 1 fully saturated rings. The van der Waals surface area contributed by atoms with Gasteiger partial charge < -0.3 is 10.2 Å². The Hall–Kier alpha value is -2.36. The molecule has 0 bridgehead atoms. The third-order valence-electron chi connectivity index (χ3n) is 5.13. The highest BCUT2D eigenvalue weighted by atomic mass is 16.1. The Labute approximate surface area is 150 Å².